The third-order valence-electron chi connectivity index (χ3n) is 2.34. The van der Waals surface area contributed by atoms with Crippen LogP contribution in [0.3, 0.4) is 0 Å². The van der Waals surface area contributed by atoms with Gasteiger partial charge in [-0.2, -0.15) is 0 Å². The van der Waals surface area contributed by atoms with Crippen LogP contribution in [0.15, 0.2) is 18.2 Å². The van der Waals surface area contributed by atoms with E-state index in [2.05, 4.69) is 5.32 Å². The van der Waals surface area contributed by atoms with Crippen molar-refractivity contribution in [2.45, 2.75) is 19.5 Å². The highest BCUT2D eigenvalue weighted by atomic mass is 16.7. The summed E-state index contributed by atoms with van der Waals surface area (Å²) in [6.45, 7) is 2.27. The molecule has 0 saturated heterocycles. The Balaban J connectivity index is 2.05. The van der Waals surface area contributed by atoms with Crippen LogP contribution in [-0.2, 0) is 11.3 Å². The molecule has 86 valence electrons. The quantitative estimate of drug-likeness (QED) is 0.775. The minimum Gasteiger partial charge on any atom is -0.454 e. The van der Waals surface area contributed by atoms with Gasteiger partial charge in [-0.25, -0.2) is 0 Å². The number of nitrogens with one attached hydrogen (secondary N) is 1. The summed E-state index contributed by atoms with van der Waals surface area (Å²) in [5.41, 5.74) is 6.34. The summed E-state index contributed by atoms with van der Waals surface area (Å²) in [5, 5.41) is 2.73. The van der Waals surface area contributed by atoms with E-state index in [0.717, 1.165) is 5.56 Å². The number of nitrogens with two attached hydrogens (primary N) is 1. The maximum absolute atomic E-state index is 11.3. The molecule has 0 aromatic heterocycles. The summed E-state index contributed by atoms with van der Waals surface area (Å²) >= 11 is 0. The zero-order valence-corrected chi connectivity index (χ0v) is 9.03. The SMILES string of the molecule is CC(N)C(=O)NCc1cccc2c1OCO2. The van der Waals surface area contributed by atoms with E-state index >= 15 is 0 Å². The van der Waals surface area contributed by atoms with Crippen molar-refractivity contribution < 1.29 is 14.3 Å². The normalized spacial score (nSPS) is 14.6. The molecule has 1 unspecified atom stereocenters. The molecule has 1 aromatic rings. The molecule has 0 radical (unpaired) electrons. The molecule has 5 nitrogen and oxygen atoms in total. The molecule has 1 heterocycles. The molecule has 0 fully saturated rings. The molecule has 2 rings (SSSR count). The number of rotatable bonds is 3. The van der Waals surface area contributed by atoms with Gasteiger partial charge >= 0.3 is 0 Å². The molecule has 0 saturated carbocycles. The van der Waals surface area contributed by atoms with Gasteiger partial charge in [-0.1, -0.05) is 12.1 Å². The van der Waals surface area contributed by atoms with Gasteiger partial charge in [-0.05, 0) is 13.0 Å². The number of ether oxygens (including phenoxy) is 2. The lowest BCUT2D eigenvalue weighted by molar-refractivity contribution is -0.122. The van der Waals surface area contributed by atoms with Crippen LogP contribution < -0.4 is 20.5 Å². The summed E-state index contributed by atoms with van der Waals surface area (Å²) in [4.78, 5) is 11.3. The second kappa shape index (κ2) is 4.40. The number of amides is 1. The number of hydrogen-bond acceptors (Lipinski definition) is 4. The second-order valence-electron chi connectivity index (χ2n) is 3.66. The summed E-state index contributed by atoms with van der Waals surface area (Å²) in [7, 11) is 0. The Morgan fingerprint density at radius 3 is 3.12 bits per heavy atom. The van der Waals surface area contributed by atoms with E-state index in [9.17, 15) is 4.79 Å². The second-order valence-corrected chi connectivity index (χ2v) is 3.66. The highest BCUT2D eigenvalue weighted by molar-refractivity contribution is 5.81. The Bertz CT molecular complexity index is 404. The summed E-state index contributed by atoms with van der Waals surface area (Å²) in [6.07, 6.45) is 0. The standard InChI is InChI=1S/C11H14N2O3/c1-7(12)11(14)13-5-8-3-2-4-9-10(8)16-6-15-9/h2-4,7H,5-6,12H2,1H3,(H,13,14). The Morgan fingerprint density at radius 2 is 2.38 bits per heavy atom. The van der Waals surface area contributed by atoms with Gasteiger partial charge in [-0.15, -0.1) is 0 Å². The number of fused-ring (bicyclic) bond motifs is 1. The van der Waals surface area contributed by atoms with Gasteiger partial charge in [0.2, 0.25) is 12.7 Å². The highest BCUT2D eigenvalue weighted by Crippen LogP contribution is 2.35. The highest BCUT2D eigenvalue weighted by Gasteiger charge is 2.17. The number of carbonyl (C=O) groups is 1. The van der Waals surface area contributed by atoms with E-state index in [4.69, 9.17) is 15.2 Å². The lowest BCUT2D eigenvalue weighted by atomic mass is 10.2. The van der Waals surface area contributed by atoms with Crippen molar-refractivity contribution in [1.29, 1.82) is 0 Å². The fraction of sp³-hybridized carbons (Fsp3) is 0.364. The zero-order chi connectivity index (χ0) is 11.5. The van der Waals surface area contributed by atoms with E-state index in [1.54, 1.807) is 6.92 Å². The number of para-hydroxylation sites is 1. The van der Waals surface area contributed by atoms with Crippen LogP contribution in [0.25, 0.3) is 0 Å². The zero-order valence-electron chi connectivity index (χ0n) is 9.03. The van der Waals surface area contributed by atoms with E-state index in [0.29, 0.717) is 18.0 Å². The first-order chi connectivity index (χ1) is 7.68. The van der Waals surface area contributed by atoms with E-state index in [1.807, 2.05) is 18.2 Å². The van der Waals surface area contributed by atoms with Crippen LogP contribution in [0.2, 0.25) is 0 Å². The fourth-order valence-corrected chi connectivity index (χ4v) is 1.47. The predicted molar refractivity (Wildman–Crippen MR) is 58.1 cm³/mol. The minimum atomic E-state index is -0.506. The van der Waals surface area contributed by atoms with Gasteiger partial charge in [0.1, 0.15) is 0 Å². The number of benzene rings is 1. The van der Waals surface area contributed by atoms with Gasteiger partial charge in [-0.3, -0.25) is 4.79 Å². The molecular formula is C11H14N2O3. The number of hydrogen-bond donors (Lipinski definition) is 2. The molecule has 5 heteroatoms. The Kier molecular flexibility index (Phi) is 2.96. The maximum atomic E-state index is 11.3. The monoisotopic (exact) mass is 222 g/mol. The molecule has 1 amide bonds. The summed E-state index contributed by atoms with van der Waals surface area (Å²) in [5.74, 6) is 1.23. The molecule has 1 aliphatic rings. The van der Waals surface area contributed by atoms with Gasteiger partial charge in [0.15, 0.2) is 11.5 Å². The topological polar surface area (TPSA) is 73.6 Å². The predicted octanol–water partition coefficient (Wildman–Crippen LogP) is 0.379. The van der Waals surface area contributed by atoms with E-state index in [1.165, 1.54) is 0 Å². The Labute approximate surface area is 93.5 Å². The molecular weight excluding hydrogens is 208 g/mol. The van der Waals surface area contributed by atoms with Gasteiger partial charge in [0.05, 0.1) is 6.04 Å². The molecule has 3 N–H and O–H groups in total. The average molecular weight is 222 g/mol. The smallest absolute Gasteiger partial charge is 0.236 e. The third kappa shape index (κ3) is 2.09. The van der Waals surface area contributed by atoms with Crippen molar-refractivity contribution in [3.05, 3.63) is 23.8 Å². The first kappa shape index (κ1) is 10.8. The first-order valence-corrected chi connectivity index (χ1v) is 5.09. The van der Waals surface area contributed by atoms with Crippen LogP contribution in [0.4, 0.5) is 0 Å². The maximum Gasteiger partial charge on any atom is 0.236 e. The Morgan fingerprint density at radius 1 is 1.56 bits per heavy atom. The van der Waals surface area contributed by atoms with Crippen LogP contribution in [0.1, 0.15) is 12.5 Å². The molecule has 0 aliphatic carbocycles. The third-order valence-corrected chi connectivity index (χ3v) is 2.34. The molecule has 1 atom stereocenters. The van der Waals surface area contributed by atoms with Crippen molar-refractivity contribution in [2.24, 2.45) is 5.73 Å². The molecule has 1 aromatic carbocycles. The summed E-state index contributed by atoms with van der Waals surface area (Å²) in [6, 6.07) is 5.07. The number of carbonyl (C=O) groups excluding carboxylic acids is 1. The van der Waals surface area contributed by atoms with Gasteiger partial charge < -0.3 is 20.5 Å². The van der Waals surface area contributed by atoms with Crippen molar-refractivity contribution in [3.8, 4) is 11.5 Å². The van der Waals surface area contributed by atoms with Crippen molar-refractivity contribution in [2.75, 3.05) is 6.79 Å². The van der Waals surface area contributed by atoms with Crippen molar-refractivity contribution in [1.82, 2.24) is 5.32 Å². The van der Waals surface area contributed by atoms with Crippen LogP contribution in [0.5, 0.6) is 11.5 Å². The van der Waals surface area contributed by atoms with Gasteiger partial charge in [0.25, 0.3) is 0 Å². The lowest BCUT2D eigenvalue weighted by Crippen LogP contribution is -2.37. The van der Waals surface area contributed by atoms with Gasteiger partial charge in [0, 0.05) is 12.1 Å². The van der Waals surface area contributed by atoms with Crippen LogP contribution in [-0.4, -0.2) is 18.7 Å². The molecule has 0 bridgehead atoms. The average Bonchev–Trinajstić information content (AvgIpc) is 2.73. The Hall–Kier alpha value is -1.75. The molecule has 0 spiro atoms. The van der Waals surface area contributed by atoms with Crippen molar-refractivity contribution in [3.63, 3.8) is 0 Å². The minimum absolute atomic E-state index is 0.184. The largest absolute Gasteiger partial charge is 0.454 e. The van der Waals surface area contributed by atoms with Crippen LogP contribution >= 0.6 is 0 Å². The van der Waals surface area contributed by atoms with E-state index in [-0.39, 0.29) is 12.7 Å². The first-order valence-electron chi connectivity index (χ1n) is 5.09. The van der Waals surface area contributed by atoms with Crippen molar-refractivity contribution >= 4 is 5.91 Å². The van der Waals surface area contributed by atoms with E-state index < -0.39 is 6.04 Å². The lowest BCUT2D eigenvalue weighted by Gasteiger charge is -2.09. The molecule has 1 aliphatic heterocycles. The summed E-state index contributed by atoms with van der Waals surface area (Å²) < 4.78 is 10.6. The molecule has 16 heavy (non-hydrogen) atoms. The fourth-order valence-electron chi connectivity index (χ4n) is 1.47. The van der Waals surface area contributed by atoms with Crippen LogP contribution in [0, 0.1) is 0 Å².